The van der Waals surface area contributed by atoms with Crippen molar-refractivity contribution >= 4 is 11.9 Å². The summed E-state index contributed by atoms with van der Waals surface area (Å²) in [6, 6.07) is 6.15. The first-order chi connectivity index (χ1) is 12.0. The van der Waals surface area contributed by atoms with Gasteiger partial charge in [-0.1, -0.05) is 18.9 Å². The van der Waals surface area contributed by atoms with Gasteiger partial charge in [-0.25, -0.2) is 0 Å². The number of aryl methyl sites for hydroxylation is 2. The van der Waals surface area contributed by atoms with E-state index in [0.717, 1.165) is 25.0 Å². The zero-order chi connectivity index (χ0) is 18.7. The summed E-state index contributed by atoms with van der Waals surface area (Å²) in [7, 11) is 0. The van der Waals surface area contributed by atoms with Crippen LogP contribution in [0.25, 0.3) is 0 Å². The van der Waals surface area contributed by atoms with Crippen molar-refractivity contribution in [3.8, 4) is 5.75 Å². The Kier molecular flexibility index (Phi) is 9.66. The Morgan fingerprint density at radius 2 is 1.44 bits per heavy atom. The van der Waals surface area contributed by atoms with Crippen molar-refractivity contribution in [1.82, 2.24) is 0 Å². The molecular weight excluding hydrogens is 320 g/mol. The molecule has 0 saturated carbocycles. The Labute approximate surface area is 150 Å². The van der Waals surface area contributed by atoms with Crippen molar-refractivity contribution in [3.05, 3.63) is 29.3 Å². The summed E-state index contributed by atoms with van der Waals surface area (Å²) >= 11 is 0. The van der Waals surface area contributed by atoms with Crippen LogP contribution in [0.4, 0.5) is 0 Å². The van der Waals surface area contributed by atoms with Gasteiger partial charge in [-0.15, -0.1) is 0 Å². The van der Waals surface area contributed by atoms with E-state index in [0.29, 0.717) is 13.0 Å². The van der Waals surface area contributed by atoms with E-state index in [1.54, 1.807) is 13.8 Å². The van der Waals surface area contributed by atoms with Gasteiger partial charge in [-0.2, -0.15) is 0 Å². The number of carbonyl (C=O) groups excluding carboxylic acids is 2. The summed E-state index contributed by atoms with van der Waals surface area (Å²) < 4.78 is 15.7. The number of unbranched alkanes of at least 4 members (excludes halogenated alkanes) is 2. The van der Waals surface area contributed by atoms with Crippen LogP contribution >= 0.6 is 0 Å². The van der Waals surface area contributed by atoms with Crippen molar-refractivity contribution < 1.29 is 23.8 Å². The second kappa shape index (κ2) is 11.5. The Morgan fingerprint density at radius 3 is 1.96 bits per heavy atom. The van der Waals surface area contributed by atoms with Gasteiger partial charge >= 0.3 is 11.9 Å². The molecule has 0 fully saturated rings. The van der Waals surface area contributed by atoms with E-state index >= 15 is 0 Å². The first-order valence-electron chi connectivity index (χ1n) is 9.02. The highest BCUT2D eigenvalue weighted by Crippen LogP contribution is 2.18. The maximum atomic E-state index is 11.9. The zero-order valence-electron chi connectivity index (χ0n) is 15.8. The van der Waals surface area contributed by atoms with E-state index in [1.807, 2.05) is 26.0 Å². The van der Waals surface area contributed by atoms with Crippen molar-refractivity contribution in [2.45, 2.75) is 53.4 Å². The smallest absolute Gasteiger partial charge is 0.320 e. The fourth-order valence-electron chi connectivity index (χ4n) is 2.65. The number of hydrogen-bond donors (Lipinski definition) is 0. The van der Waals surface area contributed by atoms with Crippen molar-refractivity contribution in [3.63, 3.8) is 0 Å². The molecule has 1 aromatic carbocycles. The Morgan fingerprint density at radius 1 is 0.880 bits per heavy atom. The lowest BCUT2D eigenvalue weighted by Crippen LogP contribution is -2.28. The summed E-state index contributed by atoms with van der Waals surface area (Å²) in [5.41, 5.74) is 2.36. The summed E-state index contributed by atoms with van der Waals surface area (Å²) in [6.45, 7) is 8.69. The van der Waals surface area contributed by atoms with Crippen LogP contribution in [0, 0.1) is 19.8 Å². The maximum absolute atomic E-state index is 11.9. The molecule has 1 rings (SSSR count). The monoisotopic (exact) mass is 350 g/mol. The molecule has 0 aromatic heterocycles. The van der Waals surface area contributed by atoms with Crippen LogP contribution in [0.5, 0.6) is 5.75 Å². The zero-order valence-corrected chi connectivity index (χ0v) is 15.8. The van der Waals surface area contributed by atoms with Gasteiger partial charge in [-0.3, -0.25) is 9.59 Å². The molecule has 0 radical (unpaired) electrons. The highest BCUT2D eigenvalue weighted by molar-refractivity contribution is 5.94. The summed E-state index contributed by atoms with van der Waals surface area (Å²) in [5, 5.41) is 0. The van der Waals surface area contributed by atoms with Gasteiger partial charge in [0.1, 0.15) is 5.75 Å². The van der Waals surface area contributed by atoms with E-state index in [4.69, 9.17) is 14.2 Å². The number of rotatable bonds is 11. The van der Waals surface area contributed by atoms with Gasteiger partial charge in [-0.05, 0) is 63.8 Å². The highest BCUT2D eigenvalue weighted by Gasteiger charge is 2.28. The SMILES string of the molecule is CCOC(=O)C(CCCCCOc1cc(C)cc(C)c1)C(=O)OCC. The molecule has 0 bridgehead atoms. The van der Waals surface area contributed by atoms with Gasteiger partial charge in [0.05, 0.1) is 19.8 Å². The summed E-state index contributed by atoms with van der Waals surface area (Å²) in [6.07, 6.45) is 2.94. The van der Waals surface area contributed by atoms with Gasteiger partial charge < -0.3 is 14.2 Å². The summed E-state index contributed by atoms with van der Waals surface area (Å²) in [5.74, 6) is -0.923. The molecule has 5 nitrogen and oxygen atoms in total. The molecule has 1 aromatic rings. The lowest BCUT2D eigenvalue weighted by molar-refractivity contribution is -0.161. The first-order valence-corrected chi connectivity index (χ1v) is 9.02. The quantitative estimate of drug-likeness (QED) is 0.343. The van der Waals surface area contributed by atoms with Gasteiger partial charge in [0.15, 0.2) is 5.92 Å². The van der Waals surface area contributed by atoms with Gasteiger partial charge in [0, 0.05) is 0 Å². The fraction of sp³-hybridized carbons (Fsp3) is 0.600. The van der Waals surface area contributed by atoms with Crippen LogP contribution in [-0.4, -0.2) is 31.8 Å². The number of carbonyl (C=O) groups is 2. The lowest BCUT2D eigenvalue weighted by Gasteiger charge is -2.14. The van der Waals surface area contributed by atoms with Crippen LogP contribution in [0.3, 0.4) is 0 Å². The standard InChI is InChI=1S/C20H30O5/c1-5-23-19(21)18(20(22)24-6-2)10-8-7-9-11-25-17-13-15(3)12-16(4)14-17/h12-14,18H,5-11H2,1-4H3. The molecule has 0 N–H and O–H groups in total. The highest BCUT2D eigenvalue weighted by atomic mass is 16.6. The second-order valence-electron chi connectivity index (χ2n) is 6.08. The van der Waals surface area contributed by atoms with Crippen LogP contribution in [0.2, 0.25) is 0 Å². The second-order valence-corrected chi connectivity index (χ2v) is 6.08. The van der Waals surface area contributed by atoms with Gasteiger partial charge in [0.2, 0.25) is 0 Å². The first kappa shape index (κ1) is 21.0. The van der Waals surface area contributed by atoms with Crippen LogP contribution in [0.1, 0.15) is 50.7 Å². The molecule has 0 amide bonds. The van der Waals surface area contributed by atoms with Gasteiger partial charge in [0.25, 0.3) is 0 Å². The van der Waals surface area contributed by atoms with E-state index in [1.165, 1.54) is 11.1 Å². The molecule has 0 aliphatic heterocycles. The van der Waals surface area contributed by atoms with E-state index < -0.39 is 17.9 Å². The normalized spacial score (nSPS) is 10.6. The van der Waals surface area contributed by atoms with Crippen molar-refractivity contribution in [1.29, 1.82) is 0 Å². The van der Waals surface area contributed by atoms with Crippen molar-refractivity contribution in [2.75, 3.05) is 19.8 Å². The van der Waals surface area contributed by atoms with Crippen molar-refractivity contribution in [2.24, 2.45) is 5.92 Å². The minimum Gasteiger partial charge on any atom is -0.494 e. The van der Waals surface area contributed by atoms with E-state index in [2.05, 4.69) is 6.07 Å². The average Bonchev–Trinajstić information content (AvgIpc) is 2.53. The Balaban J connectivity index is 2.33. The predicted octanol–water partition coefficient (Wildman–Crippen LogP) is 3.99. The third kappa shape index (κ3) is 8.05. The minimum atomic E-state index is -0.819. The van der Waals surface area contributed by atoms with Crippen LogP contribution in [0.15, 0.2) is 18.2 Å². The molecule has 0 aliphatic rings. The third-order valence-corrected chi connectivity index (χ3v) is 3.74. The van der Waals surface area contributed by atoms with Crippen LogP contribution < -0.4 is 4.74 Å². The molecule has 25 heavy (non-hydrogen) atoms. The van der Waals surface area contributed by atoms with Crippen LogP contribution in [-0.2, 0) is 19.1 Å². The molecule has 0 spiro atoms. The average molecular weight is 350 g/mol. The Bertz CT molecular complexity index is 515. The largest absolute Gasteiger partial charge is 0.494 e. The third-order valence-electron chi connectivity index (χ3n) is 3.74. The number of hydrogen-bond acceptors (Lipinski definition) is 5. The minimum absolute atomic E-state index is 0.262. The topological polar surface area (TPSA) is 61.8 Å². The maximum Gasteiger partial charge on any atom is 0.320 e. The molecule has 5 heteroatoms. The molecule has 0 heterocycles. The van der Waals surface area contributed by atoms with E-state index in [-0.39, 0.29) is 13.2 Å². The molecule has 0 atom stereocenters. The lowest BCUT2D eigenvalue weighted by atomic mass is 10.0. The number of benzene rings is 1. The van der Waals surface area contributed by atoms with E-state index in [9.17, 15) is 9.59 Å². The Hall–Kier alpha value is -2.04. The number of ether oxygens (including phenoxy) is 3. The molecule has 0 unspecified atom stereocenters. The molecule has 0 saturated heterocycles. The fourth-order valence-corrected chi connectivity index (χ4v) is 2.65. The summed E-state index contributed by atoms with van der Waals surface area (Å²) in [4.78, 5) is 23.8. The molecule has 140 valence electrons. The molecular formula is C20H30O5. The molecule has 0 aliphatic carbocycles. The predicted molar refractivity (Wildman–Crippen MR) is 96.6 cm³/mol. The number of esters is 2.